The van der Waals surface area contributed by atoms with Crippen molar-refractivity contribution in [3.63, 3.8) is 0 Å². The van der Waals surface area contributed by atoms with Gasteiger partial charge in [-0.25, -0.2) is 4.39 Å². The molecular formula is C7H2F12O. The maximum absolute atomic E-state index is 13.3. The predicted molar refractivity (Wildman–Crippen MR) is 35.6 cm³/mol. The molecule has 0 aromatic heterocycles. The highest BCUT2D eigenvalue weighted by Gasteiger charge is 2.89. The predicted octanol–water partition coefficient (Wildman–Crippen LogP) is 3.78. The van der Waals surface area contributed by atoms with E-state index >= 15 is 0 Å². The summed E-state index contributed by atoms with van der Waals surface area (Å²) in [6.07, 6.45) is -27.4. The number of epoxide rings is 1. The minimum absolute atomic E-state index is 3.05. The van der Waals surface area contributed by atoms with E-state index in [1.54, 1.807) is 0 Å². The summed E-state index contributed by atoms with van der Waals surface area (Å²) in [5, 5.41) is 0. The number of hydrogen-bond acceptors (Lipinski definition) is 1. The Morgan fingerprint density at radius 1 is 0.550 bits per heavy atom. The molecule has 20 heavy (non-hydrogen) atoms. The Morgan fingerprint density at radius 2 is 0.950 bits per heavy atom. The SMILES string of the molecule is FC(F)(F)C1OC1C(F)(C(F)(F)F)C(F)(F)C(F)(F)F. The molecule has 0 N–H and O–H groups in total. The fourth-order valence-corrected chi connectivity index (χ4v) is 1.39. The molecule has 0 spiro atoms. The molecule has 1 saturated heterocycles. The van der Waals surface area contributed by atoms with E-state index in [9.17, 15) is 52.7 Å². The number of ether oxygens (including phenoxy) is 1. The molecule has 0 bridgehead atoms. The molecule has 1 aliphatic rings. The molecule has 0 aromatic rings. The molecule has 1 heterocycles. The highest BCUT2D eigenvalue weighted by molar-refractivity contribution is 5.16. The van der Waals surface area contributed by atoms with Crippen molar-refractivity contribution in [3.05, 3.63) is 0 Å². The van der Waals surface area contributed by atoms with Crippen LogP contribution < -0.4 is 0 Å². The first-order valence-corrected chi connectivity index (χ1v) is 4.40. The standard InChI is InChI=1S/C7H2F12O/c8-3(6(14,15)16,5(12,13)7(17,18)19)1-2(20-1)4(9,10)11/h1-2H. The topological polar surface area (TPSA) is 12.5 Å². The lowest BCUT2D eigenvalue weighted by Crippen LogP contribution is -2.65. The van der Waals surface area contributed by atoms with Crippen LogP contribution >= 0.6 is 0 Å². The first kappa shape index (κ1) is 17.2. The second-order valence-electron chi connectivity index (χ2n) is 3.80. The number of hydrogen-bond donors (Lipinski definition) is 0. The average molecular weight is 330 g/mol. The van der Waals surface area contributed by atoms with Crippen molar-refractivity contribution >= 4 is 0 Å². The van der Waals surface area contributed by atoms with Gasteiger partial charge in [0.1, 0.15) is 6.10 Å². The van der Waals surface area contributed by atoms with Crippen molar-refractivity contribution in [1.29, 1.82) is 0 Å². The molecule has 0 amide bonds. The van der Waals surface area contributed by atoms with Crippen molar-refractivity contribution < 1.29 is 57.4 Å². The Bertz CT molecular complexity index is 377. The van der Waals surface area contributed by atoms with E-state index in [4.69, 9.17) is 0 Å². The Balaban J connectivity index is 3.29. The van der Waals surface area contributed by atoms with Crippen LogP contribution in [0.15, 0.2) is 0 Å². The lowest BCUT2D eigenvalue weighted by Gasteiger charge is -2.34. The third-order valence-corrected chi connectivity index (χ3v) is 2.43. The smallest absolute Gasteiger partial charge is 0.356 e. The minimum atomic E-state index is -7.11. The van der Waals surface area contributed by atoms with Gasteiger partial charge in [0, 0.05) is 0 Å². The van der Waals surface area contributed by atoms with Crippen LogP contribution in [-0.2, 0) is 4.74 Å². The second-order valence-corrected chi connectivity index (χ2v) is 3.80. The first-order chi connectivity index (χ1) is 8.48. The quantitative estimate of drug-likeness (QED) is 0.554. The minimum Gasteiger partial charge on any atom is -0.356 e. The van der Waals surface area contributed by atoms with Gasteiger partial charge in [0.15, 0.2) is 6.10 Å². The highest BCUT2D eigenvalue weighted by atomic mass is 19.4. The molecule has 1 fully saturated rings. The van der Waals surface area contributed by atoms with Crippen molar-refractivity contribution in [1.82, 2.24) is 0 Å². The first-order valence-electron chi connectivity index (χ1n) is 4.40. The molecule has 0 saturated carbocycles. The Labute approximate surface area is 101 Å². The van der Waals surface area contributed by atoms with Crippen LogP contribution in [0.25, 0.3) is 0 Å². The van der Waals surface area contributed by atoms with E-state index in [1.165, 1.54) is 0 Å². The van der Waals surface area contributed by atoms with Crippen LogP contribution in [-0.4, -0.2) is 42.3 Å². The molecule has 1 rings (SSSR count). The van der Waals surface area contributed by atoms with Gasteiger partial charge in [0.25, 0.3) is 0 Å². The zero-order chi connectivity index (χ0) is 16.4. The summed E-state index contributed by atoms with van der Waals surface area (Å²) < 4.78 is 149. The maximum Gasteiger partial charge on any atom is 0.457 e. The van der Waals surface area contributed by atoms with Gasteiger partial charge in [-0.15, -0.1) is 0 Å². The highest BCUT2D eigenvalue weighted by Crippen LogP contribution is 2.60. The van der Waals surface area contributed by atoms with E-state index in [0.717, 1.165) is 0 Å². The van der Waals surface area contributed by atoms with E-state index in [-0.39, 0.29) is 0 Å². The van der Waals surface area contributed by atoms with Crippen LogP contribution in [0.5, 0.6) is 0 Å². The lowest BCUT2D eigenvalue weighted by atomic mass is 9.90. The summed E-state index contributed by atoms with van der Waals surface area (Å²) in [7, 11) is 0. The van der Waals surface area contributed by atoms with Crippen molar-refractivity contribution in [2.75, 3.05) is 0 Å². The third-order valence-electron chi connectivity index (χ3n) is 2.43. The third kappa shape index (κ3) is 2.29. The monoisotopic (exact) mass is 330 g/mol. The van der Waals surface area contributed by atoms with Gasteiger partial charge in [-0.2, -0.15) is 48.3 Å². The van der Waals surface area contributed by atoms with Crippen LogP contribution in [0.3, 0.4) is 0 Å². The van der Waals surface area contributed by atoms with E-state index in [1.807, 2.05) is 0 Å². The molecule has 3 atom stereocenters. The summed E-state index contributed by atoms with van der Waals surface area (Å²) >= 11 is 0. The summed E-state index contributed by atoms with van der Waals surface area (Å²) in [4.78, 5) is 0. The molecule has 0 aliphatic carbocycles. The van der Waals surface area contributed by atoms with Crippen LogP contribution in [0.1, 0.15) is 0 Å². The summed E-state index contributed by atoms with van der Waals surface area (Å²) in [6, 6.07) is 0. The van der Waals surface area contributed by atoms with E-state index in [2.05, 4.69) is 4.74 Å². The Hall–Kier alpha value is -0.880. The van der Waals surface area contributed by atoms with Gasteiger partial charge in [0.05, 0.1) is 0 Å². The Kier molecular flexibility index (Phi) is 3.50. The number of rotatable bonds is 2. The van der Waals surface area contributed by atoms with Gasteiger partial charge in [0.2, 0.25) is 0 Å². The largest absolute Gasteiger partial charge is 0.457 e. The maximum atomic E-state index is 13.3. The lowest BCUT2D eigenvalue weighted by molar-refractivity contribution is -0.387. The van der Waals surface area contributed by atoms with Crippen molar-refractivity contribution in [2.24, 2.45) is 0 Å². The van der Waals surface area contributed by atoms with Gasteiger partial charge >= 0.3 is 30.1 Å². The zero-order valence-electron chi connectivity index (χ0n) is 8.60. The fraction of sp³-hybridized carbons (Fsp3) is 1.00. The van der Waals surface area contributed by atoms with Crippen LogP contribution in [0.2, 0.25) is 0 Å². The van der Waals surface area contributed by atoms with E-state index < -0.39 is 42.3 Å². The number of halogens is 12. The molecule has 3 unspecified atom stereocenters. The Morgan fingerprint density at radius 3 is 1.15 bits per heavy atom. The number of alkyl halides is 12. The van der Waals surface area contributed by atoms with Crippen LogP contribution in [0, 0.1) is 0 Å². The zero-order valence-corrected chi connectivity index (χ0v) is 8.60. The molecule has 1 aliphatic heterocycles. The normalized spacial score (nSPS) is 28.2. The average Bonchev–Trinajstić information content (AvgIpc) is 2.90. The van der Waals surface area contributed by atoms with E-state index in [0.29, 0.717) is 0 Å². The molecule has 0 aromatic carbocycles. The molecule has 1 nitrogen and oxygen atoms in total. The molecular weight excluding hydrogens is 328 g/mol. The van der Waals surface area contributed by atoms with Gasteiger partial charge in [-0.05, 0) is 0 Å². The molecule has 120 valence electrons. The summed E-state index contributed by atoms with van der Waals surface area (Å²) in [5.41, 5.74) is -6.54. The van der Waals surface area contributed by atoms with Gasteiger partial charge in [-0.3, -0.25) is 0 Å². The fourth-order valence-electron chi connectivity index (χ4n) is 1.39. The summed E-state index contributed by atoms with van der Waals surface area (Å²) in [5.74, 6) is -7.11. The molecule has 0 radical (unpaired) electrons. The second kappa shape index (κ2) is 4.07. The van der Waals surface area contributed by atoms with Gasteiger partial charge in [-0.1, -0.05) is 0 Å². The van der Waals surface area contributed by atoms with Gasteiger partial charge < -0.3 is 4.74 Å². The summed E-state index contributed by atoms with van der Waals surface area (Å²) in [6.45, 7) is 0. The molecule has 13 heteroatoms. The van der Waals surface area contributed by atoms with Crippen molar-refractivity contribution in [2.45, 2.75) is 42.3 Å². The van der Waals surface area contributed by atoms with Crippen LogP contribution in [0.4, 0.5) is 52.7 Å². The van der Waals surface area contributed by atoms with Crippen molar-refractivity contribution in [3.8, 4) is 0 Å².